The van der Waals surface area contributed by atoms with Crippen LogP contribution >= 0.6 is 0 Å². The predicted molar refractivity (Wildman–Crippen MR) is 89.4 cm³/mol. The van der Waals surface area contributed by atoms with Crippen molar-refractivity contribution < 1.29 is 9.59 Å². The van der Waals surface area contributed by atoms with Gasteiger partial charge in [-0.05, 0) is 31.9 Å². The van der Waals surface area contributed by atoms with E-state index in [1.54, 1.807) is 23.4 Å². The van der Waals surface area contributed by atoms with Crippen LogP contribution in [0, 0.1) is 6.92 Å². The topological polar surface area (TPSA) is 66.7 Å². The van der Waals surface area contributed by atoms with Gasteiger partial charge in [0.05, 0.1) is 5.69 Å². The maximum Gasteiger partial charge on any atom is 0.270 e. The second-order valence-electron chi connectivity index (χ2n) is 5.83. The molecular formula is C17H24N4O2. The molecule has 0 fully saturated rings. The molecule has 0 atom stereocenters. The van der Waals surface area contributed by atoms with Gasteiger partial charge < -0.3 is 10.2 Å². The lowest BCUT2D eigenvalue weighted by Crippen LogP contribution is -2.26. The number of fused-ring (bicyclic) bond motifs is 1. The molecule has 6 heteroatoms. The smallest absolute Gasteiger partial charge is 0.270 e. The lowest BCUT2D eigenvalue weighted by molar-refractivity contribution is -0.128. The highest BCUT2D eigenvalue weighted by molar-refractivity contribution is 5.94. The van der Waals surface area contributed by atoms with Crippen molar-refractivity contribution in [2.75, 3.05) is 20.6 Å². The molecule has 0 radical (unpaired) electrons. The molecule has 0 aliphatic heterocycles. The molecule has 0 aliphatic carbocycles. The van der Waals surface area contributed by atoms with Gasteiger partial charge in [-0.15, -0.1) is 0 Å². The first-order chi connectivity index (χ1) is 11.0. The van der Waals surface area contributed by atoms with Gasteiger partial charge in [0.15, 0.2) is 0 Å². The molecule has 124 valence electrons. The maximum atomic E-state index is 12.3. The highest BCUT2D eigenvalue weighted by atomic mass is 16.2. The van der Waals surface area contributed by atoms with Gasteiger partial charge in [-0.2, -0.15) is 0 Å². The number of nitrogens with one attached hydrogen (secondary N) is 1. The van der Waals surface area contributed by atoms with Gasteiger partial charge in [0.1, 0.15) is 11.3 Å². The summed E-state index contributed by atoms with van der Waals surface area (Å²) in [6.07, 6.45) is 5.04. The molecule has 0 unspecified atom stereocenters. The number of unbranched alkanes of at least 4 members (excludes halogenated alkanes) is 2. The highest BCUT2D eigenvalue weighted by Crippen LogP contribution is 2.11. The lowest BCUT2D eigenvalue weighted by Gasteiger charge is -2.09. The van der Waals surface area contributed by atoms with E-state index >= 15 is 0 Å². The minimum atomic E-state index is -0.106. The average molecular weight is 316 g/mol. The third-order valence-corrected chi connectivity index (χ3v) is 3.77. The second kappa shape index (κ2) is 7.76. The van der Waals surface area contributed by atoms with Crippen LogP contribution in [0.25, 0.3) is 5.65 Å². The van der Waals surface area contributed by atoms with Crippen molar-refractivity contribution in [3.05, 3.63) is 35.8 Å². The SMILES string of the molecule is Cc1nc2ccccn2c1C(=O)NCCCCCC(=O)N(C)C. The molecule has 23 heavy (non-hydrogen) atoms. The summed E-state index contributed by atoms with van der Waals surface area (Å²) in [5.41, 5.74) is 2.09. The zero-order valence-corrected chi connectivity index (χ0v) is 14.0. The van der Waals surface area contributed by atoms with Crippen molar-refractivity contribution in [1.29, 1.82) is 0 Å². The molecule has 1 N–H and O–H groups in total. The quantitative estimate of drug-likeness (QED) is 0.795. The van der Waals surface area contributed by atoms with Gasteiger partial charge >= 0.3 is 0 Å². The summed E-state index contributed by atoms with van der Waals surface area (Å²) in [7, 11) is 3.53. The third-order valence-electron chi connectivity index (χ3n) is 3.77. The number of nitrogens with zero attached hydrogens (tertiary/aromatic N) is 3. The van der Waals surface area contributed by atoms with Crippen LogP contribution in [0.2, 0.25) is 0 Å². The van der Waals surface area contributed by atoms with E-state index in [9.17, 15) is 9.59 Å². The number of pyridine rings is 1. The molecular weight excluding hydrogens is 292 g/mol. The Bertz CT molecular complexity index is 691. The van der Waals surface area contributed by atoms with E-state index in [-0.39, 0.29) is 11.8 Å². The summed E-state index contributed by atoms with van der Waals surface area (Å²) in [6, 6.07) is 5.66. The van der Waals surface area contributed by atoms with Crippen molar-refractivity contribution >= 4 is 17.5 Å². The number of rotatable bonds is 7. The average Bonchev–Trinajstić information content (AvgIpc) is 2.85. The van der Waals surface area contributed by atoms with Gasteiger partial charge in [0, 0.05) is 33.3 Å². The van der Waals surface area contributed by atoms with E-state index in [0.717, 1.165) is 30.6 Å². The molecule has 0 aliphatic rings. The molecule has 0 saturated carbocycles. The molecule has 2 heterocycles. The van der Waals surface area contributed by atoms with Gasteiger partial charge in [-0.3, -0.25) is 14.0 Å². The minimum Gasteiger partial charge on any atom is -0.351 e. The van der Waals surface area contributed by atoms with Crippen LogP contribution in [0.4, 0.5) is 0 Å². The van der Waals surface area contributed by atoms with Crippen LogP contribution in [-0.4, -0.2) is 46.7 Å². The fourth-order valence-corrected chi connectivity index (χ4v) is 2.47. The molecule has 2 aromatic heterocycles. The Kier molecular flexibility index (Phi) is 5.73. The van der Waals surface area contributed by atoms with Crippen molar-refractivity contribution in [3.63, 3.8) is 0 Å². The number of hydrogen-bond donors (Lipinski definition) is 1. The number of carbonyl (C=O) groups excluding carboxylic acids is 2. The second-order valence-corrected chi connectivity index (χ2v) is 5.83. The van der Waals surface area contributed by atoms with Crippen molar-refractivity contribution in [1.82, 2.24) is 19.6 Å². The summed E-state index contributed by atoms with van der Waals surface area (Å²) in [5.74, 6) is 0.0426. The number of carbonyl (C=O) groups is 2. The summed E-state index contributed by atoms with van der Waals surface area (Å²) in [5, 5.41) is 2.93. The first-order valence-electron chi connectivity index (χ1n) is 7.92. The molecule has 0 saturated heterocycles. The number of aromatic nitrogens is 2. The Morgan fingerprint density at radius 2 is 2.00 bits per heavy atom. The number of aryl methyl sites for hydroxylation is 1. The first kappa shape index (κ1) is 17.0. The van der Waals surface area contributed by atoms with Crippen LogP contribution in [-0.2, 0) is 4.79 Å². The first-order valence-corrected chi connectivity index (χ1v) is 7.92. The largest absolute Gasteiger partial charge is 0.351 e. The Morgan fingerprint density at radius 3 is 2.74 bits per heavy atom. The molecule has 0 spiro atoms. The summed E-state index contributed by atoms with van der Waals surface area (Å²) in [4.78, 5) is 29.8. The fourth-order valence-electron chi connectivity index (χ4n) is 2.47. The molecule has 6 nitrogen and oxygen atoms in total. The minimum absolute atomic E-state index is 0.106. The van der Waals surface area contributed by atoms with Crippen LogP contribution in [0.3, 0.4) is 0 Å². The monoisotopic (exact) mass is 316 g/mol. The van der Waals surface area contributed by atoms with Crippen LogP contribution in [0.15, 0.2) is 24.4 Å². The van der Waals surface area contributed by atoms with Crippen molar-refractivity contribution in [2.24, 2.45) is 0 Å². The summed E-state index contributed by atoms with van der Waals surface area (Å²) >= 11 is 0. The van der Waals surface area contributed by atoms with Crippen molar-refractivity contribution in [3.8, 4) is 0 Å². The predicted octanol–water partition coefficient (Wildman–Crippen LogP) is 2.02. The third kappa shape index (κ3) is 4.31. The number of amides is 2. The summed E-state index contributed by atoms with van der Waals surface area (Å²) < 4.78 is 1.81. The molecule has 2 aromatic rings. The van der Waals surface area contributed by atoms with Crippen LogP contribution < -0.4 is 5.32 Å². The van der Waals surface area contributed by atoms with E-state index in [0.29, 0.717) is 18.7 Å². The standard InChI is InChI=1S/C17H24N4O2/c1-13-16(21-12-8-6-9-14(21)19-13)17(23)18-11-7-4-5-10-15(22)20(2)3/h6,8-9,12H,4-5,7,10-11H2,1-3H3,(H,18,23). The molecule has 2 rings (SSSR count). The number of imidazole rings is 1. The maximum absolute atomic E-state index is 12.3. The Morgan fingerprint density at radius 1 is 1.22 bits per heavy atom. The Balaban J connectivity index is 1.79. The van der Waals surface area contributed by atoms with Crippen LogP contribution in [0.5, 0.6) is 0 Å². The molecule has 0 aromatic carbocycles. The highest BCUT2D eigenvalue weighted by Gasteiger charge is 2.15. The zero-order valence-electron chi connectivity index (χ0n) is 14.0. The van der Waals surface area contributed by atoms with Gasteiger partial charge in [0.2, 0.25) is 5.91 Å². The zero-order chi connectivity index (χ0) is 16.8. The Hall–Kier alpha value is -2.37. The van der Waals surface area contributed by atoms with E-state index < -0.39 is 0 Å². The van der Waals surface area contributed by atoms with E-state index in [2.05, 4.69) is 10.3 Å². The number of hydrogen-bond acceptors (Lipinski definition) is 3. The fraction of sp³-hybridized carbons (Fsp3) is 0.471. The summed E-state index contributed by atoms with van der Waals surface area (Å²) in [6.45, 7) is 2.45. The lowest BCUT2D eigenvalue weighted by atomic mass is 10.2. The van der Waals surface area contributed by atoms with E-state index in [4.69, 9.17) is 0 Å². The van der Waals surface area contributed by atoms with Crippen LogP contribution in [0.1, 0.15) is 41.9 Å². The van der Waals surface area contributed by atoms with Crippen molar-refractivity contribution in [2.45, 2.75) is 32.6 Å². The van der Waals surface area contributed by atoms with Gasteiger partial charge in [0.25, 0.3) is 5.91 Å². The normalized spacial score (nSPS) is 10.7. The van der Waals surface area contributed by atoms with E-state index in [1.807, 2.05) is 31.3 Å². The molecule has 0 bridgehead atoms. The van der Waals surface area contributed by atoms with Gasteiger partial charge in [-0.25, -0.2) is 4.98 Å². The molecule has 2 amide bonds. The van der Waals surface area contributed by atoms with Gasteiger partial charge in [-0.1, -0.05) is 12.5 Å². The Labute approximate surface area is 136 Å². The van der Waals surface area contributed by atoms with E-state index in [1.165, 1.54) is 0 Å².